The van der Waals surface area contributed by atoms with Crippen LogP contribution in [0.3, 0.4) is 0 Å². The van der Waals surface area contributed by atoms with Crippen LogP contribution in [0.5, 0.6) is 5.75 Å². The number of nitrogens with zero attached hydrogens (tertiary/aromatic N) is 2. The van der Waals surface area contributed by atoms with Gasteiger partial charge in [-0.05, 0) is 5.92 Å². The van der Waals surface area contributed by atoms with Crippen molar-refractivity contribution in [2.24, 2.45) is 11.7 Å². The van der Waals surface area contributed by atoms with Gasteiger partial charge in [0.15, 0.2) is 10.8 Å². The van der Waals surface area contributed by atoms with Gasteiger partial charge in [0.25, 0.3) is 5.56 Å². The predicted octanol–water partition coefficient (Wildman–Crippen LogP) is 1.54. The quantitative estimate of drug-likeness (QED) is 0.863. The van der Waals surface area contributed by atoms with Crippen molar-refractivity contribution >= 4 is 17.5 Å². The molecule has 0 bridgehead atoms. The van der Waals surface area contributed by atoms with Crippen LogP contribution in [0.15, 0.2) is 4.79 Å². The van der Waals surface area contributed by atoms with Gasteiger partial charge in [-0.2, -0.15) is 5.10 Å². The maximum atomic E-state index is 12.0. The Morgan fingerprint density at radius 2 is 2.00 bits per heavy atom. The molecule has 6 nitrogen and oxygen atoms in total. The monoisotopic (exact) mass is 301 g/mol. The van der Waals surface area contributed by atoms with E-state index in [9.17, 15) is 9.59 Å². The zero-order valence-corrected chi connectivity index (χ0v) is 12.9. The van der Waals surface area contributed by atoms with Gasteiger partial charge >= 0.3 is 0 Å². The van der Waals surface area contributed by atoms with Crippen LogP contribution in [0.1, 0.15) is 39.3 Å². The fourth-order valence-electron chi connectivity index (χ4n) is 1.56. The van der Waals surface area contributed by atoms with E-state index in [-0.39, 0.29) is 17.5 Å². The normalized spacial score (nSPS) is 11.2. The van der Waals surface area contributed by atoms with E-state index in [1.807, 2.05) is 27.7 Å². The number of primary amides is 1. The van der Waals surface area contributed by atoms with Crippen molar-refractivity contribution in [3.8, 4) is 5.75 Å². The topological polar surface area (TPSA) is 87.2 Å². The highest BCUT2D eigenvalue weighted by Crippen LogP contribution is 2.29. The van der Waals surface area contributed by atoms with Crippen molar-refractivity contribution in [1.29, 1.82) is 0 Å². The third kappa shape index (κ3) is 3.96. The number of nitrogens with two attached hydrogens (primary N) is 1. The number of carbonyl (C=O) groups excluding carboxylic acids is 1. The average Bonchev–Trinajstić information content (AvgIpc) is 2.32. The maximum absolute atomic E-state index is 12.0. The molecule has 0 saturated carbocycles. The highest BCUT2D eigenvalue weighted by molar-refractivity contribution is 6.31. The summed E-state index contributed by atoms with van der Waals surface area (Å²) in [5.74, 6) is -0.0733. The fourth-order valence-corrected chi connectivity index (χ4v) is 1.81. The Morgan fingerprint density at radius 3 is 2.45 bits per heavy atom. The first-order chi connectivity index (χ1) is 9.23. The van der Waals surface area contributed by atoms with Gasteiger partial charge in [-0.3, -0.25) is 9.59 Å². The van der Waals surface area contributed by atoms with Crippen molar-refractivity contribution in [1.82, 2.24) is 9.78 Å². The van der Waals surface area contributed by atoms with E-state index in [0.717, 1.165) is 4.68 Å². The lowest BCUT2D eigenvalue weighted by molar-refractivity contribution is -0.118. The summed E-state index contributed by atoms with van der Waals surface area (Å²) in [5.41, 5.74) is 5.06. The van der Waals surface area contributed by atoms with Crippen LogP contribution in [0, 0.1) is 5.92 Å². The van der Waals surface area contributed by atoms with E-state index >= 15 is 0 Å². The minimum absolute atomic E-state index is 0.00520. The van der Waals surface area contributed by atoms with E-state index < -0.39 is 11.5 Å². The van der Waals surface area contributed by atoms with E-state index in [2.05, 4.69) is 5.10 Å². The first-order valence-electron chi connectivity index (χ1n) is 6.45. The molecule has 0 atom stereocenters. The van der Waals surface area contributed by atoms with Gasteiger partial charge in [-0.15, -0.1) is 0 Å². The van der Waals surface area contributed by atoms with Crippen molar-refractivity contribution in [3.05, 3.63) is 21.1 Å². The number of carbonyl (C=O) groups is 1. The van der Waals surface area contributed by atoms with E-state index in [0.29, 0.717) is 24.0 Å². The van der Waals surface area contributed by atoms with Crippen LogP contribution >= 0.6 is 11.6 Å². The lowest BCUT2D eigenvalue weighted by atomic mass is 10.1. The molecule has 0 aliphatic carbocycles. The molecule has 0 aliphatic heterocycles. The van der Waals surface area contributed by atoms with Crippen LogP contribution < -0.4 is 16.0 Å². The number of amides is 1. The van der Waals surface area contributed by atoms with Gasteiger partial charge in [0.2, 0.25) is 5.91 Å². The average molecular weight is 302 g/mol. The van der Waals surface area contributed by atoms with E-state index in [1.54, 1.807) is 0 Å². The second-order valence-corrected chi connectivity index (χ2v) is 5.69. The molecular formula is C13H20ClN3O3. The maximum Gasteiger partial charge on any atom is 0.289 e. The highest BCUT2D eigenvalue weighted by Gasteiger charge is 2.20. The Balaban J connectivity index is 3.32. The molecule has 7 heteroatoms. The van der Waals surface area contributed by atoms with Crippen LogP contribution in [-0.2, 0) is 11.3 Å². The van der Waals surface area contributed by atoms with Crippen LogP contribution in [0.4, 0.5) is 0 Å². The summed E-state index contributed by atoms with van der Waals surface area (Å²) in [7, 11) is 0. The second-order valence-electron chi connectivity index (χ2n) is 5.32. The molecule has 1 aromatic rings. The molecule has 2 N–H and O–H groups in total. The number of hydrogen-bond acceptors (Lipinski definition) is 4. The molecule has 0 aromatic carbocycles. The second kappa shape index (κ2) is 6.74. The third-order valence-electron chi connectivity index (χ3n) is 2.50. The molecule has 0 fully saturated rings. The Morgan fingerprint density at radius 1 is 1.40 bits per heavy atom. The Labute approximate surface area is 122 Å². The summed E-state index contributed by atoms with van der Waals surface area (Å²) >= 11 is 6.06. The van der Waals surface area contributed by atoms with Gasteiger partial charge in [-0.1, -0.05) is 39.3 Å². The van der Waals surface area contributed by atoms with Gasteiger partial charge in [0, 0.05) is 5.92 Å². The molecule has 112 valence electrons. The predicted molar refractivity (Wildman–Crippen MR) is 77.1 cm³/mol. The molecule has 1 amide bonds. The van der Waals surface area contributed by atoms with Gasteiger partial charge in [0.1, 0.15) is 12.2 Å². The Kier molecular flexibility index (Phi) is 5.56. The SMILES string of the molecule is CC(C)COc1c(C(C)C)nn(CC(N)=O)c(=O)c1Cl. The van der Waals surface area contributed by atoms with Crippen LogP contribution in [0.2, 0.25) is 5.02 Å². The molecule has 1 heterocycles. The van der Waals surface area contributed by atoms with Crippen LogP contribution in [0.25, 0.3) is 0 Å². The van der Waals surface area contributed by atoms with Gasteiger partial charge in [-0.25, -0.2) is 4.68 Å². The summed E-state index contributed by atoms with van der Waals surface area (Å²) in [5, 5.41) is 4.08. The zero-order chi connectivity index (χ0) is 15.4. The zero-order valence-electron chi connectivity index (χ0n) is 12.1. The minimum atomic E-state index is -0.652. The van der Waals surface area contributed by atoms with Crippen molar-refractivity contribution in [2.75, 3.05) is 6.61 Å². The number of aromatic nitrogens is 2. The standard InChI is InChI=1S/C13H20ClN3O3/c1-7(2)6-20-12-10(14)13(19)17(5-9(15)18)16-11(12)8(3)4/h7-8H,5-6H2,1-4H3,(H2,15,18). The number of halogens is 1. The number of ether oxygens (including phenoxy) is 1. The summed E-state index contributed by atoms with van der Waals surface area (Å²) < 4.78 is 6.58. The third-order valence-corrected chi connectivity index (χ3v) is 2.83. The van der Waals surface area contributed by atoms with Gasteiger partial charge in [0.05, 0.1) is 6.61 Å². The molecule has 20 heavy (non-hydrogen) atoms. The summed E-state index contributed by atoms with van der Waals surface area (Å²) in [6, 6.07) is 0. The van der Waals surface area contributed by atoms with Crippen molar-refractivity contribution in [2.45, 2.75) is 40.2 Å². The van der Waals surface area contributed by atoms with Crippen LogP contribution in [-0.4, -0.2) is 22.3 Å². The molecule has 0 unspecified atom stereocenters. The Hall–Kier alpha value is -1.56. The van der Waals surface area contributed by atoms with E-state index in [4.69, 9.17) is 22.1 Å². The lowest BCUT2D eigenvalue weighted by Gasteiger charge is -2.17. The molecule has 0 radical (unpaired) electrons. The number of rotatable bonds is 6. The molecule has 1 rings (SSSR count). The van der Waals surface area contributed by atoms with Crippen molar-refractivity contribution < 1.29 is 9.53 Å². The summed E-state index contributed by atoms with van der Waals surface area (Å²) in [6.07, 6.45) is 0. The molecule has 0 spiro atoms. The highest BCUT2D eigenvalue weighted by atomic mass is 35.5. The summed E-state index contributed by atoms with van der Waals surface area (Å²) in [4.78, 5) is 23.0. The number of hydrogen-bond donors (Lipinski definition) is 1. The summed E-state index contributed by atoms with van der Waals surface area (Å²) in [6.45, 7) is 7.92. The molecule has 0 saturated heterocycles. The minimum Gasteiger partial charge on any atom is -0.490 e. The van der Waals surface area contributed by atoms with E-state index in [1.165, 1.54) is 0 Å². The Bertz CT molecular complexity index is 553. The molecular weight excluding hydrogens is 282 g/mol. The van der Waals surface area contributed by atoms with Crippen molar-refractivity contribution in [3.63, 3.8) is 0 Å². The largest absolute Gasteiger partial charge is 0.490 e. The smallest absolute Gasteiger partial charge is 0.289 e. The lowest BCUT2D eigenvalue weighted by Crippen LogP contribution is -2.32. The molecule has 1 aromatic heterocycles. The fraction of sp³-hybridized carbons (Fsp3) is 0.615. The first kappa shape index (κ1) is 16.5. The first-order valence-corrected chi connectivity index (χ1v) is 6.83. The molecule has 0 aliphatic rings. The van der Waals surface area contributed by atoms with Gasteiger partial charge < -0.3 is 10.5 Å².